The van der Waals surface area contributed by atoms with Gasteiger partial charge >= 0.3 is 6.18 Å². The molecule has 106 valence electrons. The second-order valence-electron chi connectivity index (χ2n) is 4.58. The number of halogens is 3. The summed E-state index contributed by atoms with van der Waals surface area (Å²) in [6.07, 6.45) is -4.20. The SMILES string of the molecule is CCC(C)(O)CNC(=O)c1ccccc1C(F)(F)F. The Labute approximate surface area is 109 Å². The number of carbonyl (C=O) groups excluding carboxylic acids is 1. The van der Waals surface area contributed by atoms with E-state index in [1.807, 2.05) is 0 Å². The third-order valence-corrected chi connectivity index (χ3v) is 2.87. The monoisotopic (exact) mass is 275 g/mol. The average Bonchev–Trinajstić information content (AvgIpc) is 2.35. The molecule has 0 aliphatic rings. The van der Waals surface area contributed by atoms with Gasteiger partial charge in [0.15, 0.2) is 0 Å². The van der Waals surface area contributed by atoms with E-state index in [-0.39, 0.29) is 6.54 Å². The van der Waals surface area contributed by atoms with Crippen molar-refractivity contribution in [2.24, 2.45) is 0 Å². The molecule has 3 nitrogen and oxygen atoms in total. The van der Waals surface area contributed by atoms with E-state index in [0.29, 0.717) is 6.42 Å². The summed E-state index contributed by atoms with van der Waals surface area (Å²) in [5.41, 5.74) is -2.56. The molecule has 0 saturated carbocycles. The third-order valence-electron chi connectivity index (χ3n) is 2.87. The molecule has 1 unspecified atom stereocenters. The maximum absolute atomic E-state index is 12.7. The summed E-state index contributed by atoms with van der Waals surface area (Å²) >= 11 is 0. The van der Waals surface area contributed by atoms with Crippen LogP contribution in [-0.2, 0) is 6.18 Å². The number of hydrogen-bond donors (Lipinski definition) is 2. The average molecular weight is 275 g/mol. The first-order valence-corrected chi connectivity index (χ1v) is 5.84. The van der Waals surface area contributed by atoms with Crippen molar-refractivity contribution in [3.05, 3.63) is 35.4 Å². The van der Waals surface area contributed by atoms with E-state index in [0.717, 1.165) is 12.1 Å². The van der Waals surface area contributed by atoms with Gasteiger partial charge in [-0.2, -0.15) is 13.2 Å². The number of benzene rings is 1. The second kappa shape index (κ2) is 5.61. The Morgan fingerprint density at radius 2 is 1.89 bits per heavy atom. The maximum Gasteiger partial charge on any atom is 0.417 e. The molecule has 2 N–H and O–H groups in total. The highest BCUT2D eigenvalue weighted by Crippen LogP contribution is 2.31. The Morgan fingerprint density at radius 1 is 1.32 bits per heavy atom. The summed E-state index contributed by atoms with van der Waals surface area (Å²) < 4.78 is 38.2. The normalized spacial score (nSPS) is 14.8. The van der Waals surface area contributed by atoms with Gasteiger partial charge in [-0.25, -0.2) is 0 Å². The molecule has 0 fully saturated rings. The Hall–Kier alpha value is -1.56. The minimum absolute atomic E-state index is 0.103. The van der Waals surface area contributed by atoms with Crippen molar-refractivity contribution in [1.82, 2.24) is 5.32 Å². The fourth-order valence-corrected chi connectivity index (χ4v) is 1.42. The highest BCUT2D eigenvalue weighted by Gasteiger charge is 2.35. The topological polar surface area (TPSA) is 49.3 Å². The summed E-state index contributed by atoms with van der Waals surface area (Å²) in [6.45, 7) is 3.12. The Bertz CT molecular complexity index is 455. The third kappa shape index (κ3) is 4.24. The van der Waals surface area contributed by atoms with E-state index in [4.69, 9.17) is 0 Å². The summed E-state index contributed by atoms with van der Waals surface area (Å²) in [7, 11) is 0. The predicted molar refractivity (Wildman–Crippen MR) is 64.7 cm³/mol. The van der Waals surface area contributed by atoms with Crippen LogP contribution in [0.5, 0.6) is 0 Å². The van der Waals surface area contributed by atoms with Gasteiger partial charge < -0.3 is 10.4 Å². The van der Waals surface area contributed by atoms with Crippen molar-refractivity contribution in [2.45, 2.75) is 32.0 Å². The van der Waals surface area contributed by atoms with Gasteiger partial charge in [-0.3, -0.25) is 4.79 Å². The van der Waals surface area contributed by atoms with Gasteiger partial charge in [0.2, 0.25) is 0 Å². The fraction of sp³-hybridized carbons (Fsp3) is 0.462. The molecule has 0 spiro atoms. The molecular weight excluding hydrogens is 259 g/mol. The quantitative estimate of drug-likeness (QED) is 0.887. The Balaban J connectivity index is 2.90. The van der Waals surface area contributed by atoms with E-state index in [2.05, 4.69) is 5.32 Å². The Kier molecular flexibility index (Phi) is 4.57. The van der Waals surface area contributed by atoms with Crippen LogP contribution >= 0.6 is 0 Å². The van der Waals surface area contributed by atoms with E-state index in [9.17, 15) is 23.1 Å². The van der Waals surface area contributed by atoms with E-state index in [1.165, 1.54) is 19.1 Å². The van der Waals surface area contributed by atoms with Crippen LogP contribution in [0.2, 0.25) is 0 Å². The lowest BCUT2D eigenvalue weighted by Gasteiger charge is -2.22. The van der Waals surface area contributed by atoms with Gasteiger partial charge in [0.05, 0.1) is 16.7 Å². The largest absolute Gasteiger partial charge is 0.417 e. The van der Waals surface area contributed by atoms with Gasteiger partial charge in [-0.15, -0.1) is 0 Å². The number of amides is 1. The molecule has 19 heavy (non-hydrogen) atoms. The lowest BCUT2D eigenvalue weighted by Crippen LogP contribution is -2.40. The highest BCUT2D eigenvalue weighted by molar-refractivity contribution is 5.95. The number of aliphatic hydroxyl groups is 1. The van der Waals surface area contributed by atoms with Crippen LogP contribution in [0.1, 0.15) is 36.2 Å². The fourth-order valence-electron chi connectivity index (χ4n) is 1.42. The molecule has 1 aromatic carbocycles. The number of alkyl halides is 3. The lowest BCUT2D eigenvalue weighted by atomic mass is 10.0. The van der Waals surface area contributed by atoms with Crippen molar-refractivity contribution in [3.63, 3.8) is 0 Å². The molecule has 0 aromatic heterocycles. The van der Waals surface area contributed by atoms with Crippen LogP contribution in [0, 0.1) is 0 Å². The van der Waals surface area contributed by atoms with Gasteiger partial charge in [0, 0.05) is 6.54 Å². The highest BCUT2D eigenvalue weighted by atomic mass is 19.4. The molecule has 1 aromatic rings. The van der Waals surface area contributed by atoms with Crippen molar-refractivity contribution < 1.29 is 23.1 Å². The molecule has 0 saturated heterocycles. The molecule has 0 aliphatic carbocycles. The first-order chi connectivity index (χ1) is 8.67. The number of hydrogen-bond acceptors (Lipinski definition) is 2. The van der Waals surface area contributed by atoms with E-state index >= 15 is 0 Å². The number of nitrogens with one attached hydrogen (secondary N) is 1. The van der Waals surface area contributed by atoms with Crippen LogP contribution in [-0.4, -0.2) is 23.2 Å². The molecule has 6 heteroatoms. The lowest BCUT2D eigenvalue weighted by molar-refractivity contribution is -0.137. The first kappa shape index (κ1) is 15.5. The van der Waals surface area contributed by atoms with Crippen LogP contribution in [0.3, 0.4) is 0 Å². The van der Waals surface area contributed by atoms with Gasteiger partial charge in [-0.1, -0.05) is 19.1 Å². The molecule has 0 radical (unpaired) electrons. The zero-order chi connectivity index (χ0) is 14.7. The standard InChI is InChI=1S/C13H16F3NO2/c1-3-12(2,19)8-17-11(18)9-6-4-5-7-10(9)13(14,15)16/h4-7,19H,3,8H2,1-2H3,(H,17,18). The molecule has 1 rings (SSSR count). The van der Waals surface area contributed by atoms with Crippen molar-refractivity contribution >= 4 is 5.91 Å². The molecule has 0 aliphatic heterocycles. The summed E-state index contributed by atoms with van der Waals surface area (Å²) in [5.74, 6) is -0.846. The summed E-state index contributed by atoms with van der Waals surface area (Å²) in [4.78, 5) is 11.8. The number of carbonyl (C=O) groups is 1. The molecule has 1 amide bonds. The smallest absolute Gasteiger partial charge is 0.388 e. The Morgan fingerprint density at radius 3 is 2.42 bits per heavy atom. The predicted octanol–water partition coefficient (Wildman–Crippen LogP) is 2.60. The first-order valence-electron chi connectivity index (χ1n) is 5.84. The van der Waals surface area contributed by atoms with Crippen LogP contribution in [0.15, 0.2) is 24.3 Å². The van der Waals surface area contributed by atoms with Crippen molar-refractivity contribution in [1.29, 1.82) is 0 Å². The van der Waals surface area contributed by atoms with Gasteiger partial charge in [0.25, 0.3) is 5.91 Å². The maximum atomic E-state index is 12.7. The number of rotatable bonds is 4. The van der Waals surface area contributed by atoms with Crippen LogP contribution in [0.25, 0.3) is 0 Å². The molecule has 0 bridgehead atoms. The van der Waals surface area contributed by atoms with Gasteiger partial charge in [0.1, 0.15) is 0 Å². The van der Waals surface area contributed by atoms with E-state index < -0.39 is 28.8 Å². The summed E-state index contributed by atoms with van der Waals surface area (Å²) in [6, 6.07) is 4.55. The van der Waals surface area contributed by atoms with Crippen molar-refractivity contribution in [3.8, 4) is 0 Å². The molecule has 1 atom stereocenters. The summed E-state index contributed by atoms with van der Waals surface area (Å²) in [5, 5.41) is 12.0. The van der Waals surface area contributed by atoms with E-state index in [1.54, 1.807) is 6.92 Å². The zero-order valence-corrected chi connectivity index (χ0v) is 10.7. The second-order valence-corrected chi connectivity index (χ2v) is 4.58. The zero-order valence-electron chi connectivity index (χ0n) is 10.7. The minimum atomic E-state index is -4.58. The van der Waals surface area contributed by atoms with Crippen LogP contribution < -0.4 is 5.32 Å². The van der Waals surface area contributed by atoms with Crippen LogP contribution in [0.4, 0.5) is 13.2 Å². The minimum Gasteiger partial charge on any atom is -0.388 e. The van der Waals surface area contributed by atoms with Gasteiger partial charge in [-0.05, 0) is 25.5 Å². The van der Waals surface area contributed by atoms with Crippen molar-refractivity contribution in [2.75, 3.05) is 6.54 Å². The molecule has 0 heterocycles. The molecular formula is C13H16F3NO2.